The first kappa shape index (κ1) is 30.4. The topological polar surface area (TPSA) is 90.4 Å². The first-order valence-electron chi connectivity index (χ1n) is 14.7. The van der Waals surface area contributed by atoms with Crippen LogP contribution in [0.2, 0.25) is 0 Å². The molecule has 0 radical (unpaired) electrons. The molecule has 7 atom stereocenters. The third-order valence-corrected chi connectivity index (χ3v) is 8.95. The average Bonchev–Trinajstić information content (AvgIpc) is 3.55. The van der Waals surface area contributed by atoms with Crippen LogP contribution in [-0.2, 0) is 19.1 Å². The minimum atomic E-state index is -1.06. The zero-order valence-electron chi connectivity index (χ0n) is 23.9. The zero-order valence-corrected chi connectivity index (χ0v) is 23.9. The second-order valence-electron chi connectivity index (χ2n) is 11.3. The van der Waals surface area contributed by atoms with E-state index in [2.05, 4.69) is 20.1 Å². The number of fused-ring (bicyclic) bond motifs is 1. The van der Waals surface area contributed by atoms with Gasteiger partial charge in [0, 0.05) is 26.2 Å². The average molecular weight is 532 g/mol. The summed E-state index contributed by atoms with van der Waals surface area (Å²) in [4.78, 5) is 47.8. The van der Waals surface area contributed by atoms with Gasteiger partial charge < -0.3 is 24.5 Å². The largest absolute Gasteiger partial charge is 0.394 e. The van der Waals surface area contributed by atoms with Gasteiger partial charge >= 0.3 is 0 Å². The van der Waals surface area contributed by atoms with Gasteiger partial charge in [0.25, 0.3) is 0 Å². The number of carbonyl (C=O) groups is 3. The van der Waals surface area contributed by atoms with Gasteiger partial charge in [0.1, 0.15) is 11.6 Å². The van der Waals surface area contributed by atoms with E-state index >= 15 is 0 Å². The summed E-state index contributed by atoms with van der Waals surface area (Å²) >= 11 is 0. The van der Waals surface area contributed by atoms with Gasteiger partial charge in [-0.3, -0.25) is 14.4 Å². The number of ether oxygens (including phenoxy) is 1. The highest BCUT2D eigenvalue weighted by molar-refractivity contribution is 5.99. The van der Waals surface area contributed by atoms with E-state index in [1.54, 1.807) is 26.9 Å². The van der Waals surface area contributed by atoms with Crippen LogP contribution in [0.4, 0.5) is 0 Å². The van der Waals surface area contributed by atoms with Crippen LogP contribution in [0.15, 0.2) is 25.3 Å². The maximum Gasteiger partial charge on any atom is 0.248 e. The molecule has 0 aliphatic carbocycles. The van der Waals surface area contributed by atoms with Crippen LogP contribution in [0, 0.1) is 17.8 Å². The van der Waals surface area contributed by atoms with E-state index in [1.165, 1.54) is 0 Å². The fourth-order valence-corrected chi connectivity index (χ4v) is 6.92. The van der Waals surface area contributed by atoms with Gasteiger partial charge in [-0.05, 0) is 31.6 Å². The number of hydrogen-bond donors (Lipinski definition) is 1. The number of unbranched alkanes of at least 4 members (excludes halogenated alkanes) is 2. The Morgan fingerprint density at radius 1 is 1.11 bits per heavy atom. The predicted molar refractivity (Wildman–Crippen MR) is 148 cm³/mol. The predicted octanol–water partition coefficient (Wildman–Crippen LogP) is 3.40. The second-order valence-corrected chi connectivity index (χ2v) is 11.3. The van der Waals surface area contributed by atoms with E-state index < -0.39 is 29.5 Å². The summed E-state index contributed by atoms with van der Waals surface area (Å²) in [5, 5.41) is 10.5. The highest BCUT2D eigenvalue weighted by atomic mass is 16.5. The van der Waals surface area contributed by atoms with Crippen LogP contribution in [0.3, 0.4) is 0 Å². The van der Waals surface area contributed by atoms with Gasteiger partial charge in [-0.15, -0.1) is 13.2 Å². The molecule has 1 spiro atoms. The molecule has 1 N–H and O–H groups in total. The van der Waals surface area contributed by atoms with Gasteiger partial charge in [0.15, 0.2) is 0 Å². The third kappa shape index (κ3) is 5.31. The number of amides is 3. The molecule has 38 heavy (non-hydrogen) atoms. The quantitative estimate of drug-likeness (QED) is 0.244. The fraction of sp³-hybridized carbons (Fsp3) is 0.767. The molecule has 0 saturated carbocycles. The van der Waals surface area contributed by atoms with Gasteiger partial charge in [-0.25, -0.2) is 0 Å². The van der Waals surface area contributed by atoms with Gasteiger partial charge in [0.05, 0.1) is 30.6 Å². The first-order chi connectivity index (χ1) is 18.3. The molecule has 8 heteroatoms. The smallest absolute Gasteiger partial charge is 0.248 e. The molecule has 3 aliphatic rings. The van der Waals surface area contributed by atoms with E-state index in [0.29, 0.717) is 39.0 Å². The molecular formula is C30H49N3O5. The molecule has 3 fully saturated rings. The Bertz CT molecular complexity index is 878. The monoisotopic (exact) mass is 531 g/mol. The Morgan fingerprint density at radius 3 is 2.32 bits per heavy atom. The SMILES string of the molecule is C=CCN(CCCCC)C(=O)C1N([C@@H](CO)[C@@H](C)CC)C(=O)[C@@H]2[C@@H](C(=O)N(CC=C)CCC)[C@H]3CCC12O3. The molecule has 0 aromatic heterocycles. The molecule has 0 aromatic carbocycles. The van der Waals surface area contributed by atoms with Crippen molar-refractivity contribution in [3.05, 3.63) is 25.3 Å². The lowest BCUT2D eigenvalue weighted by atomic mass is 9.70. The highest BCUT2D eigenvalue weighted by Gasteiger charge is 2.75. The molecule has 8 nitrogen and oxygen atoms in total. The Kier molecular flexibility index (Phi) is 10.6. The molecule has 214 valence electrons. The number of aliphatic hydroxyl groups is 1. The van der Waals surface area contributed by atoms with Crippen LogP contribution in [0.5, 0.6) is 0 Å². The molecule has 3 saturated heterocycles. The number of hydrogen-bond acceptors (Lipinski definition) is 5. The molecular weight excluding hydrogens is 482 g/mol. The summed E-state index contributed by atoms with van der Waals surface area (Å²) in [5.74, 6) is -1.88. The standard InChI is InChI=1S/C30H49N3O5/c1-7-12-13-19-32(18-10-4)29(37)26-30-15-14-23(38-30)24(27(35)31(16-8-2)17-9-3)25(30)28(36)33(26)22(20-34)21(6)11-5/h8,10,21-26,34H,2,4,7,9,11-20H2,1,3,5-6H3/t21-,22-,23+,24-,25-,26?,30?/m0/s1. The maximum atomic E-state index is 14.4. The normalized spacial score (nSPS) is 29.2. The van der Waals surface area contributed by atoms with E-state index in [1.807, 2.05) is 20.8 Å². The minimum absolute atomic E-state index is 0.0221. The number of likely N-dealkylation sites (tertiary alicyclic amines) is 1. The Hall–Kier alpha value is -2.19. The fourth-order valence-electron chi connectivity index (χ4n) is 6.92. The van der Waals surface area contributed by atoms with Crippen molar-refractivity contribution >= 4 is 17.7 Å². The van der Waals surface area contributed by atoms with Gasteiger partial charge in [-0.1, -0.05) is 59.1 Å². The summed E-state index contributed by atoms with van der Waals surface area (Å²) in [6, 6.07) is -1.39. The van der Waals surface area contributed by atoms with E-state index in [9.17, 15) is 19.5 Å². The first-order valence-corrected chi connectivity index (χ1v) is 14.7. The van der Waals surface area contributed by atoms with Crippen molar-refractivity contribution in [2.24, 2.45) is 17.8 Å². The van der Waals surface area contributed by atoms with Gasteiger partial charge in [-0.2, -0.15) is 0 Å². The van der Waals surface area contributed by atoms with Crippen molar-refractivity contribution < 1.29 is 24.2 Å². The lowest BCUT2D eigenvalue weighted by molar-refractivity contribution is -0.153. The number of carbonyl (C=O) groups excluding carboxylic acids is 3. The third-order valence-electron chi connectivity index (χ3n) is 8.95. The van der Waals surface area contributed by atoms with Crippen LogP contribution in [0.25, 0.3) is 0 Å². The van der Waals surface area contributed by atoms with Crippen LogP contribution in [-0.4, -0.2) is 94.1 Å². The molecule has 2 unspecified atom stereocenters. The van der Waals surface area contributed by atoms with Crippen LogP contribution in [0.1, 0.15) is 72.6 Å². The summed E-state index contributed by atoms with van der Waals surface area (Å²) in [5.41, 5.74) is -1.06. The van der Waals surface area contributed by atoms with Crippen LogP contribution >= 0.6 is 0 Å². The lowest BCUT2D eigenvalue weighted by Crippen LogP contribution is -2.59. The van der Waals surface area contributed by atoms with Crippen LogP contribution < -0.4 is 0 Å². The van der Waals surface area contributed by atoms with E-state index in [4.69, 9.17) is 4.74 Å². The second kappa shape index (κ2) is 13.2. The summed E-state index contributed by atoms with van der Waals surface area (Å²) in [6.07, 6.45) is 8.66. The van der Waals surface area contributed by atoms with Crippen molar-refractivity contribution in [1.29, 1.82) is 0 Å². The minimum Gasteiger partial charge on any atom is -0.394 e. The summed E-state index contributed by atoms with van der Waals surface area (Å²) in [6.45, 7) is 17.5. The van der Waals surface area contributed by atoms with E-state index in [-0.39, 0.29) is 36.4 Å². The Labute approximate surface area is 229 Å². The molecule has 3 heterocycles. The molecule has 2 bridgehead atoms. The summed E-state index contributed by atoms with van der Waals surface area (Å²) < 4.78 is 6.63. The molecule has 0 aromatic rings. The Morgan fingerprint density at radius 2 is 1.76 bits per heavy atom. The molecule has 3 amide bonds. The van der Waals surface area contributed by atoms with Crippen molar-refractivity contribution in [3.8, 4) is 0 Å². The maximum absolute atomic E-state index is 14.4. The highest BCUT2D eigenvalue weighted by Crippen LogP contribution is 2.59. The van der Waals surface area contributed by atoms with E-state index in [0.717, 1.165) is 32.1 Å². The van der Waals surface area contributed by atoms with Crippen molar-refractivity contribution in [2.75, 3.05) is 32.8 Å². The molecule has 3 aliphatic heterocycles. The van der Waals surface area contributed by atoms with Crippen molar-refractivity contribution in [2.45, 2.75) is 96.4 Å². The van der Waals surface area contributed by atoms with Crippen molar-refractivity contribution in [3.63, 3.8) is 0 Å². The Balaban J connectivity index is 2.08. The zero-order chi connectivity index (χ0) is 28.0. The number of nitrogens with zero attached hydrogens (tertiary/aromatic N) is 3. The van der Waals surface area contributed by atoms with Crippen molar-refractivity contribution in [1.82, 2.24) is 14.7 Å². The number of rotatable bonds is 16. The lowest BCUT2D eigenvalue weighted by Gasteiger charge is -2.41. The summed E-state index contributed by atoms with van der Waals surface area (Å²) in [7, 11) is 0. The van der Waals surface area contributed by atoms with Gasteiger partial charge in [0.2, 0.25) is 17.7 Å². The number of aliphatic hydroxyl groups excluding tert-OH is 1. The molecule has 3 rings (SSSR count).